The Balaban J connectivity index is 2.94. The summed E-state index contributed by atoms with van der Waals surface area (Å²) in [4.78, 5) is 10.8. The van der Waals surface area contributed by atoms with Crippen LogP contribution in [0.5, 0.6) is 5.75 Å². The van der Waals surface area contributed by atoms with Crippen LogP contribution in [0.25, 0.3) is 0 Å². The summed E-state index contributed by atoms with van der Waals surface area (Å²) in [5.74, 6) is -0.471. The molecule has 0 amide bonds. The Morgan fingerprint density at radius 1 is 1.60 bits per heavy atom. The SMILES string of the molecule is COc1ccccc1CC(N)(Br)C(=O)O. The molecule has 0 saturated carbocycles. The molecule has 3 N–H and O–H groups in total. The molecule has 0 aliphatic rings. The average molecular weight is 274 g/mol. The third-order valence-electron chi connectivity index (χ3n) is 2.00. The van der Waals surface area contributed by atoms with E-state index in [1.54, 1.807) is 12.1 Å². The normalized spacial score (nSPS) is 14.3. The van der Waals surface area contributed by atoms with Gasteiger partial charge in [0.05, 0.1) is 7.11 Å². The molecule has 82 valence electrons. The van der Waals surface area contributed by atoms with E-state index in [2.05, 4.69) is 15.9 Å². The number of para-hydroxylation sites is 1. The number of nitrogens with two attached hydrogens (primary N) is 1. The first-order valence-electron chi connectivity index (χ1n) is 4.30. The Kier molecular flexibility index (Phi) is 3.71. The fourth-order valence-corrected chi connectivity index (χ4v) is 1.50. The van der Waals surface area contributed by atoms with Gasteiger partial charge in [-0.15, -0.1) is 0 Å². The van der Waals surface area contributed by atoms with Crippen molar-refractivity contribution < 1.29 is 14.6 Å². The molecule has 0 aromatic heterocycles. The predicted molar refractivity (Wildman–Crippen MR) is 60.2 cm³/mol. The summed E-state index contributed by atoms with van der Waals surface area (Å²) < 4.78 is 3.64. The molecule has 0 fully saturated rings. The van der Waals surface area contributed by atoms with Crippen molar-refractivity contribution in [1.82, 2.24) is 0 Å². The summed E-state index contributed by atoms with van der Waals surface area (Å²) in [6.45, 7) is 0. The molecule has 0 heterocycles. The van der Waals surface area contributed by atoms with Crippen LogP contribution in [0.3, 0.4) is 0 Å². The summed E-state index contributed by atoms with van der Waals surface area (Å²) in [7, 11) is 1.53. The monoisotopic (exact) mass is 273 g/mol. The van der Waals surface area contributed by atoms with Gasteiger partial charge in [0.25, 0.3) is 0 Å². The second-order valence-electron chi connectivity index (χ2n) is 3.16. The van der Waals surface area contributed by atoms with Crippen LogP contribution in [0.1, 0.15) is 5.56 Å². The van der Waals surface area contributed by atoms with Gasteiger partial charge in [-0.05, 0) is 11.6 Å². The van der Waals surface area contributed by atoms with Crippen LogP contribution in [0.15, 0.2) is 24.3 Å². The fraction of sp³-hybridized carbons (Fsp3) is 0.300. The van der Waals surface area contributed by atoms with Crippen molar-refractivity contribution >= 4 is 21.9 Å². The van der Waals surface area contributed by atoms with Gasteiger partial charge in [0.15, 0.2) is 4.45 Å². The number of aliphatic carboxylic acids is 1. The maximum atomic E-state index is 10.8. The van der Waals surface area contributed by atoms with E-state index < -0.39 is 10.4 Å². The van der Waals surface area contributed by atoms with Gasteiger partial charge in [-0.2, -0.15) is 0 Å². The minimum atomic E-state index is -1.46. The van der Waals surface area contributed by atoms with Crippen molar-refractivity contribution in [1.29, 1.82) is 0 Å². The number of rotatable bonds is 4. The van der Waals surface area contributed by atoms with Crippen LogP contribution >= 0.6 is 15.9 Å². The van der Waals surface area contributed by atoms with E-state index in [1.807, 2.05) is 12.1 Å². The zero-order valence-corrected chi connectivity index (χ0v) is 9.82. The smallest absolute Gasteiger partial charge is 0.335 e. The number of halogens is 1. The molecule has 0 aliphatic carbocycles. The van der Waals surface area contributed by atoms with Gasteiger partial charge in [0.2, 0.25) is 0 Å². The van der Waals surface area contributed by atoms with Gasteiger partial charge >= 0.3 is 5.97 Å². The van der Waals surface area contributed by atoms with Gasteiger partial charge in [0.1, 0.15) is 5.75 Å². The number of carboxylic acid groups (broad SMARTS) is 1. The molecule has 0 saturated heterocycles. The molecule has 1 rings (SSSR count). The summed E-state index contributed by atoms with van der Waals surface area (Å²) in [5.41, 5.74) is 6.33. The lowest BCUT2D eigenvalue weighted by atomic mass is 10.1. The highest BCUT2D eigenvalue weighted by molar-refractivity contribution is 9.10. The lowest BCUT2D eigenvalue weighted by Crippen LogP contribution is -2.43. The van der Waals surface area contributed by atoms with E-state index in [1.165, 1.54) is 7.11 Å². The number of hydrogen-bond acceptors (Lipinski definition) is 3. The first-order valence-corrected chi connectivity index (χ1v) is 5.10. The minimum Gasteiger partial charge on any atom is -0.496 e. The van der Waals surface area contributed by atoms with Crippen LogP contribution in [-0.2, 0) is 11.2 Å². The number of methoxy groups -OCH3 is 1. The minimum absolute atomic E-state index is 0.159. The van der Waals surface area contributed by atoms with E-state index in [0.717, 1.165) is 5.56 Å². The molecule has 4 nitrogen and oxygen atoms in total. The van der Waals surface area contributed by atoms with Crippen LogP contribution < -0.4 is 10.5 Å². The Bertz CT molecular complexity index is 365. The molecular weight excluding hydrogens is 262 g/mol. The molecule has 1 aromatic rings. The van der Waals surface area contributed by atoms with Crippen molar-refractivity contribution in [2.24, 2.45) is 5.73 Å². The molecule has 1 aromatic carbocycles. The molecule has 0 radical (unpaired) electrons. The molecule has 15 heavy (non-hydrogen) atoms. The van der Waals surface area contributed by atoms with E-state index in [-0.39, 0.29) is 6.42 Å². The Hall–Kier alpha value is -1.07. The lowest BCUT2D eigenvalue weighted by molar-refractivity contribution is -0.139. The standard InChI is InChI=1S/C10H12BrNO3/c1-15-8-5-3-2-4-7(8)6-10(11,12)9(13)14/h2-5H,6,12H2,1H3,(H,13,14). The molecule has 0 spiro atoms. The first-order chi connectivity index (χ1) is 6.97. The van der Waals surface area contributed by atoms with Gasteiger partial charge in [-0.1, -0.05) is 34.1 Å². The number of carbonyl (C=O) groups is 1. The van der Waals surface area contributed by atoms with Crippen LogP contribution in [0, 0.1) is 0 Å². The molecule has 0 bridgehead atoms. The molecule has 5 heteroatoms. The van der Waals surface area contributed by atoms with Crippen molar-refractivity contribution in [2.75, 3.05) is 7.11 Å². The third-order valence-corrected chi connectivity index (χ3v) is 2.62. The lowest BCUT2D eigenvalue weighted by Gasteiger charge is -2.18. The summed E-state index contributed by atoms with van der Waals surface area (Å²) >= 11 is 2.97. The maximum absolute atomic E-state index is 10.8. The third kappa shape index (κ3) is 2.94. The zero-order valence-electron chi connectivity index (χ0n) is 8.24. The number of alkyl halides is 1. The van der Waals surface area contributed by atoms with Crippen molar-refractivity contribution in [2.45, 2.75) is 10.9 Å². The Morgan fingerprint density at radius 2 is 2.20 bits per heavy atom. The van der Waals surface area contributed by atoms with Crippen molar-refractivity contribution in [3.63, 3.8) is 0 Å². The van der Waals surface area contributed by atoms with E-state index in [4.69, 9.17) is 15.6 Å². The summed E-state index contributed by atoms with van der Waals surface area (Å²) in [6.07, 6.45) is 0.159. The molecule has 1 unspecified atom stereocenters. The highest BCUT2D eigenvalue weighted by atomic mass is 79.9. The first kappa shape index (κ1) is 12.0. The van der Waals surface area contributed by atoms with Gasteiger partial charge < -0.3 is 15.6 Å². The predicted octanol–water partition coefficient (Wildman–Crippen LogP) is 1.37. The van der Waals surface area contributed by atoms with E-state index >= 15 is 0 Å². The van der Waals surface area contributed by atoms with Crippen molar-refractivity contribution in [3.05, 3.63) is 29.8 Å². The van der Waals surface area contributed by atoms with Crippen molar-refractivity contribution in [3.8, 4) is 5.75 Å². The average Bonchev–Trinajstić information content (AvgIpc) is 2.18. The summed E-state index contributed by atoms with van der Waals surface area (Å²) in [6, 6.07) is 7.17. The molecule has 0 aliphatic heterocycles. The molecule has 1 atom stereocenters. The highest BCUT2D eigenvalue weighted by Crippen LogP contribution is 2.25. The second kappa shape index (κ2) is 4.63. The van der Waals surface area contributed by atoms with Gasteiger partial charge in [-0.25, -0.2) is 4.79 Å². The van der Waals surface area contributed by atoms with Gasteiger partial charge in [-0.3, -0.25) is 0 Å². The van der Waals surface area contributed by atoms with Crippen LogP contribution in [0.4, 0.5) is 0 Å². The van der Waals surface area contributed by atoms with E-state index in [0.29, 0.717) is 5.75 Å². The second-order valence-corrected chi connectivity index (χ2v) is 4.57. The largest absolute Gasteiger partial charge is 0.496 e. The van der Waals surface area contributed by atoms with E-state index in [9.17, 15) is 4.79 Å². The Morgan fingerprint density at radius 3 is 2.73 bits per heavy atom. The van der Waals surface area contributed by atoms with Crippen LogP contribution in [-0.4, -0.2) is 22.6 Å². The topological polar surface area (TPSA) is 72.5 Å². The quantitative estimate of drug-likeness (QED) is 0.642. The molecular formula is C10H12BrNO3. The zero-order chi connectivity index (χ0) is 11.5. The van der Waals surface area contributed by atoms with Crippen LogP contribution in [0.2, 0.25) is 0 Å². The Labute approximate surface area is 96.2 Å². The number of hydrogen-bond donors (Lipinski definition) is 2. The number of benzene rings is 1. The van der Waals surface area contributed by atoms with Gasteiger partial charge in [0, 0.05) is 6.42 Å². The highest BCUT2D eigenvalue weighted by Gasteiger charge is 2.31. The maximum Gasteiger partial charge on any atom is 0.335 e. The number of carboxylic acids is 1. The number of ether oxygens (including phenoxy) is 1. The summed E-state index contributed by atoms with van der Waals surface area (Å²) in [5, 5.41) is 8.85. The fourth-order valence-electron chi connectivity index (χ4n) is 1.20.